The highest BCUT2D eigenvalue weighted by Gasteiger charge is 2.29. The van der Waals surface area contributed by atoms with Gasteiger partial charge in [-0.05, 0) is 31.7 Å². The summed E-state index contributed by atoms with van der Waals surface area (Å²) in [7, 11) is 0. The lowest BCUT2D eigenvalue weighted by Crippen LogP contribution is -2.39. The monoisotopic (exact) mass is 272 g/mol. The topological polar surface area (TPSA) is 64.2 Å². The fourth-order valence-electron chi connectivity index (χ4n) is 3.15. The Bertz CT molecular complexity index is 685. The first-order valence-electron chi connectivity index (χ1n) is 7.02. The van der Waals surface area contributed by atoms with E-state index in [0.29, 0.717) is 24.5 Å². The van der Waals surface area contributed by atoms with Crippen molar-refractivity contribution in [3.8, 4) is 0 Å². The minimum absolute atomic E-state index is 0.0546. The van der Waals surface area contributed by atoms with E-state index in [1.165, 1.54) is 23.4 Å². The fourth-order valence-corrected chi connectivity index (χ4v) is 3.15. The van der Waals surface area contributed by atoms with Crippen LogP contribution in [0, 0.1) is 6.92 Å². The molecule has 1 aliphatic heterocycles. The molecule has 0 unspecified atom stereocenters. The SMILES string of the molecule is Cc1cc(C(=O)N2CCn3nc4c(c3C2)CCC4)no1. The maximum absolute atomic E-state index is 12.4. The third kappa shape index (κ3) is 1.67. The molecule has 0 fully saturated rings. The summed E-state index contributed by atoms with van der Waals surface area (Å²) < 4.78 is 7.06. The van der Waals surface area contributed by atoms with Gasteiger partial charge in [-0.1, -0.05) is 5.16 Å². The first-order chi connectivity index (χ1) is 9.72. The Morgan fingerprint density at radius 3 is 3.05 bits per heavy atom. The zero-order valence-electron chi connectivity index (χ0n) is 11.4. The number of hydrogen-bond acceptors (Lipinski definition) is 4. The van der Waals surface area contributed by atoms with Crippen LogP contribution in [0.2, 0.25) is 0 Å². The van der Waals surface area contributed by atoms with E-state index >= 15 is 0 Å². The van der Waals surface area contributed by atoms with Crippen LogP contribution in [0.3, 0.4) is 0 Å². The quantitative estimate of drug-likeness (QED) is 0.785. The molecule has 1 aliphatic carbocycles. The van der Waals surface area contributed by atoms with E-state index in [-0.39, 0.29) is 5.91 Å². The van der Waals surface area contributed by atoms with Gasteiger partial charge in [-0.2, -0.15) is 5.10 Å². The van der Waals surface area contributed by atoms with Gasteiger partial charge < -0.3 is 9.42 Å². The Labute approximate surface area is 116 Å². The van der Waals surface area contributed by atoms with Gasteiger partial charge in [-0.3, -0.25) is 9.48 Å². The lowest BCUT2D eigenvalue weighted by atomic mass is 10.1. The van der Waals surface area contributed by atoms with Crippen LogP contribution in [0.4, 0.5) is 0 Å². The molecule has 6 heteroatoms. The molecule has 0 bridgehead atoms. The maximum atomic E-state index is 12.4. The lowest BCUT2D eigenvalue weighted by Gasteiger charge is -2.27. The lowest BCUT2D eigenvalue weighted by molar-refractivity contribution is 0.0694. The largest absolute Gasteiger partial charge is 0.361 e. The van der Waals surface area contributed by atoms with Crippen LogP contribution in [0.15, 0.2) is 10.6 Å². The zero-order valence-corrected chi connectivity index (χ0v) is 11.4. The van der Waals surface area contributed by atoms with Crippen LogP contribution in [0.1, 0.15) is 39.6 Å². The Kier molecular flexibility index (Phi) is 2.45. The number of hydrogen-bond donors (Lipinski definition) is 0. The molecule has 0 radical (unpaired) electrons. The summed E-state index contributed by atoms with van der Waals surface area (Å²) in [6.45, 7) is 3.87. The van der Waals surface area contributed by atoms with Gasteiger partial charge in [0.2, 0.25) is 0 Å². The number of carbonyl (C=O) groups excluding carboxylic acids is 1. The van der Waals surface area contributed by atoms with Crippen molar-refractivity contribution < 1.29 is 9.32 Å². The van der Waals surface area contributed by atoms with E-state index in [4.69, 9.17) is 4.52 Å². The first-order valence-corrected chi connectivity index (χ1v) is 7.02. The highest BCUT2D eigenvalue weighted by atomic mass is 16.5. The summed E-state index contributed by atoms with van der Waals surface area (Å²) in [4.78, 5) is 14.3. The molecule has 2 aromatic heterocycles. The van der Waals surface area contributed by atoms with Crippen molar-refractivity contribution in [3.05, 3.63) is 34.5 Å². The van der Waals surface area contributed by atoms with Crippen LogP contribution in [-0.2, 0) is 25.9 Å². The van der Waals surface area contributed by atoms with Gasteiger partial charge in [-0.25, -0.2) is 0 Å². The zero-order chi connectivity index (χ0) is 13.7. The smallest absolute Gasteiger partial charge is 0.276 e. The average Bonchev–Trinajstić information content (AvgIpc) is 3.12. The predicted molar refractivity (Wildman–Crippen MR) is 70.2 cm³/mol. The molecule has 4 rings (SSSR count). The van der Waals surface area contributed by atoms with Crippen molar-refractivity contribution in [1.29, 1.82) is 0 Å². The Morgan fingerprint density at radius 1 is 1.35 bits per heavy atom. The summed E-state index contributed by atoms with van der Waals surface area (Å²) in [5.74, 6) is 0.609. The molecule has 20 heavy (non-hydrogen) atoms. The average molecular weight is 272 g/mol. The first kappa shape index (κ1) is 11.7. The number of nitrogens with zero attached hydrogens (tertiary/aromatic N) is 4. The molecule has 3 heterocycles. The van der Waals surface area contributed by atoms with Crippen LogP contribution in [0.5, 0.6) is 0 Å². The maximum Gasteiger partial charge on any atom is 0.276 e. The standard InChI is InChI=1S/C14H16N4O2/c1-9-7-12(16-20-9)14(19)17-5-6-18-13(8-17)10-3-2-4-11(10)15-18/h7H,2-6,8H2,1H3. The second-order valence-electron chi connectivity index (χ2n) is 5.50. The van der Waals surface area contributed by atoms with Crippen molar-refractivity contribution in [2.24, 2.45) is 0 Å². The van der Waals surface area contributed by atoms with Crippen LogP contribution < -0.4 is 0 Å². The van der Waals surface area contributed by atoms with Crippen molar-refractivity contribution in [1.82, 2.24) is 19.8 Å². The third-order valence-electron chi connectivity index (χ3n) is 4.15. The Balaban J connectivity index is 1.62. The molecule has 0 spiro atoms. The summed E-state index contributed by atoms with van der Waals surface area (Å²) in [6, 6.07) is 1.69. The summed E-state index contributed by atoms with van der Waals surface area (Å²) in [6.07, 6.45) is 3.35. The van der Waals surface area contributed by atoms with Gasteiger partial charge in [0.15, 0.2) is 5.69 Å². The Hall–Kier alpha value is -2.11. The van der Waals surface area contributed by atoms with E-state index in [1.54, 1.807) is 13.0 Å². The molecule has 1 amide bonds. The molecule has 0 atom stereocenters. The number of fused-ring (bicyclic) bond motifs is 3. The number of amides is 1. The van der Waals surface area contributed by atoms with Gasteiger partial charge in [0, 0.05) is 12.6 Å². The molecule has 0 saturated heterocycles. The van der Waals surface area contributed by atoms with Gasteiger partial charge in [0.1, 0.15) is 5.76 Å². The summed E-state index contributed by atoms with van der Waals surface area (Å²) >= 11 is 0. The molecule has 0 N–H and O–H groups in total. The number of rotatable bonds is 1. The van der Waals surface area contributed by atoms with Crippen LogP contribution >= 0.6 is 0 Å². The minimum atomic E-state index is -0.0546. The molecule has 2 aromatic rings. The van der Waals surface area contributed by atoms with Gasteiger partial charge in [0.05, 0.1) is 24.5 Å². The van der Waals surface area contributed by atoms with Crippen molar-refractivity contribution in [2.45, 2.75) is 39.3 Å². The van der Waals surface area contributed by atoms with E-state index in [1.807, 2.05) is 4.90 Å². The fraction of sp³-hybridized carbons (Fsp3) is 0.500. The molecular weight excluding hydrogens is 256 g/mol. The number of aromatic nitrogens is 3. The van der Waals surface area contributed by atoms with Gasteiger partial charge in [0.25, 0.3) is 5.91 Å². The second kappa shape index (κ2) is 4.19. The van der Waals surface area contributed by atoms with E-state index in [2.05, 4.69) is 14.9 Å². The molecule has 104 valence electrons. The predicted octanol–water partition coefficient (Wildman–Crippen LogP) is 1.32. The van der Waals surface area contributed by atoms with E-state index in [0.717, 1.165) is 19.4 Å². The van der Waals surface area contributed by atoms with Crippen LogP contribution in [0.25, 0.3) is 0 Å². The summed E-state index contributed by atoms with van der Waals surface area (Å²) in [5.41, 5.74) is 4.19. The normalized spacial score (nSPS) is 17.1. The molecule has 6 nitrogen and oxygen atoms in total. The minimum Gasteiger partial charge on any atom is -0.361 e. The van der Waals surface area contributed by atoms with Crippen molar-refractivity contribution >= 4 is 5.91 Å². The molecule has 2 aliphatic rings. The Morgan fingerprint density at radius 2 is 2.25 bits per heavy atom. The van der Waals surface area contributed by atoms with Gasteiger partial charge in [-0.15, -0.1) is 0 Å². The number of carbonyl (C=O) groups is 1. The highest BCUT2D eigenvalue weighted by molar-refractivity contribution is 5.92. The van der Waals surface area contributed by atoms with Crippen LogP contribution in [-0.4, -0.2) is 32.3 Å². The molecule has 0 saturated carbocycles. The third-order valence-corrected chi connectivity index (χ3v) is 4.15. The van der Waals surface area contributed by atoms with Crippen molar-refractivity contribution in [3.63, 3.8) is 0 Å². The van der Waals surface area contributed by atoms with E-state index in [9.17, 15) is 4.79 Å². The molecule has 0 aromatic carbocycles. The highest BCUT2D eigenvalue weighted by Crippen LogP contribution is 2.28. The molecular formula is C14H16N4O2. The second-order valence-corrected chi connectivity index (χ2v) is 5.50. The van der Waals surface area contributed by atoms with E-state index < -0.39 is 0 Å². The number of aryl methyl sites for hydroxylation is 2. The van der Waals surface area contributed by atoms with Crippen molar-refractivity contribution in [2.75, 3.05) is 6.54 Å². The van der Waals surface area contributed by atoms with Gasteiger partial charge >= 0.3 is 0 Å². The summed E-state index contributed by atoms with van der Waals surface area (Å²) in [5, 5.41) is 8.46.